The highest BCUT2D eigenvalue weighted by molar-refractivity contribution is 5.95. The van der Waals surface area contributed by atoms with Crippen molar-refractivity contribution >= 4 is 35.6 Å². The van der Waals surface area contributed by atoms with E-state index in [1.807, 2.05) is 6.07 Å². The molecule has 2 aromatic rings. The predicted octanol–water partition coefficient (Wildman–Crippen LogP) is -0.747. The second-order valence-electron chi connectivity index (χ2n) is 10.6. The Morgan fingerprint density at radius 2 is 1.48 bits per heavy atom. The molecule has 0 fully saturated rings. The fourth-order valence-corrected chi connectivity index (χ4v) is 4.45. The maximum atomic E-state index is 13.8. The summed E-state index contributed by atoms with van der Waals surface area (Å²) < 4.78 is 5.07. The van der Waals surface area contributed by atoms with Gasteiger partial charge < -0.3 is 48.3 Å². The van der Waals surface area contributed by atoms with Crippen LogP contribution in [0.4, 0.5) is 0 Å². The molecule has 11 N–H and O–H groups in total. The van der Waals surface area contributed by atoms with Crippen LogP contribution in [0.15, 0.2) is 64.6 Å². The maximum absolute atomic E-state index is 13.8. The van der Waals surface area contributed by atoms with Crippen LogP contribution in [0.3, 0.4) is 0 Å². The van der Waals surface area contributed by atoms with Gasteiger partial charge in [-0.2, -0.15) is 0 Å². The van der Waals surface area contributed by atoms with Gasteiger partial charge in [-0.25, -0.2) is 9.79 Å². The highest BCUT2D eigenvalue weighted by Crippen LogP contribution is 2.14. The fraction of sp³-hybridized carbons (Fsp3) is 0.419. The number of ether oxygens (including phenoxy) is 1. The summed E-state index contributed by atoms with van der Waals surface area (Å²) in [5.74, 6) is -2.84. The van der Waals surface area contributed by atoms with E-state index >= 15 is 0 Å². The maximum Gasteiger partial charge on any atom is 0.328 e. The molecule has 15 nitrogen and oxygen atoms in total. The van der Waals surface area contributed by atoms with Crippen LogP contribution in [0.2, 0.25) is 0 Å². The number of carbonyl (C=O) groups excluding carboxylic acids is 4. The number of amides is 3. The molecule has 15 heteroatoms. The van der Waals surface area contributed by atoms with E-state index < -0.39 is 47.9 Å². The molecule has 0 aliphatic heterocycles. The van der Waals surface area contributed by atoms with E-state index in [0.29, 0.717) is 12.0 Å². The third kappa shape index (κ3) is 12.3. The van der Waals surface area contributed by atoms with Crippen LogP contribution in [0.25, 0.3) is 0 Å². The molecule has 2 aromatic carbocycles. The van der Waals surface area contributed by atoms with Crippen molar-refractivity contribution in [2.75, 3.05) is 20.2 Å². The molecule has 2 rings (SSSR count). The topological polar surface area (TPSA) is 254 Å². The number of aromatic hydroxyl groups is 1. The molecule has 0 aliphatic rings. The summed E-state index contributed by atoms with van der Waals surface area (Å²) in [6.07, 6.45) is 0.581. The summed E-state index contributed by atoms with van der Waals surface area (Å²) in [4.78, 5) is 62.6. The number of guanidine groups is 2. The standard InChI is InChI=1S/C31H45N9O6/c1-4-46-29(45)19(2)40(3)28(44)25(18-20-9-6-5-7-10-20)38-26(42)23(11-8-16-36-30(32)33)37-27(43)24(39-31(34)35)17-21-12-14-22(41)15-13-21/h5-7,9-10,12-15,19,23-25,41H,4,8,11,16-18H2,1-3H3,(H,37,43)(H,38,42)(H4,32,33,36)(H4,34,35,39)/t19-,23+,24-,25-/m0/s1. The third-order valence-electron chi connectivity index (χ3n) is 7.00. The molecule has 0 heterocycles. The number of hydrogen-bond acceptors (Lipinski definition) is 8. The van der Waals surface area contributed by atoms with Gasteiger partial charge in [-0.15, -0.1) is 0 Å². The predicted molar refractivity (Wildman–Crippen MR) is 174 cm³/mol. The number of esters is 1. The second kappa shape index (κ2) is 18.5. The van der Waals surface area contributed by atoms with Crippen LogP contribution in [-0.2, 0) is 36.8 Å². The Labute approximate surface area is 268 Å². The van der Waals surface area contributed by atoms with Crippen molar-refractivity contribution in [2.45, 2.75) is 63.7 Å². The molecule has 0 radical (unpaired) electrons. The number of nitrogens with zero attached hydrogens (tertiary/aromatic N) is 3. The molecule has 0 bridgehead atoms. The SMILES string of the molecule is CCOC(=O)[C@H](C)N(C)C(=O)[C@H](Cc1ccccc1)NC(=O)[C@@H](CCCN=C(N)N)NC(=O)[C@H](Cc1ccc(O)cc1)N=C(N)N. The van der Waals surface area contributed by atoms with E-state index in [0.717, 1.165) is 5.56 Å². The lowest BCUT2D eigenvalue weighted by molar-refractivity contribution is -0.153. The zero-order valence-corrected chi connectivity index (χ0v) is 26.4. The van der Waals surface area contributed by atoms with E-state index in [1.165, 1.54) is 31.0 Å². The van der Waals surface area contributed by atoms with E-state index in [-0.39, 0.29) is 50.1 Å². The van der Waals surface area contributed by atoms with Crippen LogP contribution in [0, 0.1) is 0 Å². The molecule has 0 aromatic heterocycles. The smallest absolute Gasteiger partial charge is 0.328 e. The first-order valence-corrected chi connectivity index (χ1v) is 14.8. The van der Waals surface area contributed by atoms with Crippen molar-refractivity contribution in [1.29, 1.82) is 0 Å². The normalized spacial score (nSPS) is 13.2. The molecular formula is C31H45N9O6. The number of nitrogens with two attached hydrogens (primary N) is 4. The Morgan fingerprint density at radius 3 is 2.07 bits per heavy atom. The molecule has 0 spiro atoms. The molecule has 0 saturated heterocycles. The lowest BCUT2D eigenvalue weighted by Crippen LogP contribution is -2.57. The summed E-state index contributed by atoms with van der Waals surface area (Å²) in [5, 5.41) is 15.1. The van der Waals surface area contributed by atoms with Gasteiger partial charge in [-0.1, -0.05) is 42.5 Å². The molecule has 250 valence electrons. The summed E-state index contributed by atoms with van der Waals surface area (Å²) in [5.41, 5.74) is 23.5. The van der Waals surface area contributed by atoms with E-state index in [2.05, 4.69) is 20.6 Å². The second-order valence-corrected chi connectivity index (χ2v) is 10.6. The first-order valence-electron chi connectivity index (χ1n) is 14.8. The average Bonchev–Trinajstić information content (AvgIpc) is 3.01. The lowest BCUT2D eigenvalue weighted by Gasteiger charge is -2.29. The number of hydrogen-bond donors (Lipinski definition) is 7. The number of nitrogens with one attached hydrogen (secondary N) is 2. The number of benzene rings is 2. The Bertz CT molecular complexity index is 1360. The van der Waals surface area contributed by atoms with Gasteiger partial charge in [0.25, 0.3) is 0 Å². The number of aliphatic imine (C=N–C) groups is 2. The van der Waals surface area contributed by atoms with Crippen LogP contribution in [0.1, 0.15) is 37.8 Å². The van der Waals surface area contributed by atoms with Gasteiger partial charge in [0, 0.05) is 26.4 Å². The Hall–Kier alpha value is -5.34. The van der Waals surface area contributed by atoms with Gasteiger partial charge >= 0.3 is 5.97 Å². The minimum absolute atomic E-state index is 0.0472. The van der Waals surface area contributed by atoms with Crippen molar-refractivity contribution in [2.24, 2.45) is 32.9 Å². The van der Waals surface area contributed by atoms with Crippen molar-refractivity contribution in [3.8, 4) is 5.75 Å². The van der Waals surface area contributed by atoms with Gasteiger partial charge in [0.15, 0.2) is 11.9 Å². The van der Waals surface area contributed by atoms with Crippen LogP contribution >= 0.6 is 0 Å². The van der Waals surface area contributed by atoms with E-state index in [1.54, 1.807) is 43.3 Å². The molecule has 46 heavy (non-hydrogen) atoms. The molecule has 0 saturated carbocycles. The summed E-state index contributed by atoms with van der Waals surface area (Å²) in [6.45, 7) is 3.51. The summed E-state index contributed by atoms with van der Waals surface area (Å²) in [6, 6.07) is 10.9. The van der Waals surface area contributed by atoms with Crippen molar-refractivity contribution in [1.82, 2.24) is 15.5 Å². The number of likely N-dealkylation sites (N-methyl/N-ethyl adjacent to an activating group) is 1. The minimum Gasteiger partial charge on any atom is -0.508 e. The van der Waals surface area contributed by atoms with Crippen molar-refractivity contribution in [3.63, 3.8) is 0 Å². The summed E-state index contributed by atoms with van der Waals surface area (Å²) in [7, 11) is 1.45. The minimum atomic E-state index is -1.14. The highest BCUT2D eigenvalue weighted by atomic mass is 16.5. The largest absolute Gasteiger partial charge is 0.508 e. The zero-order valence-electron chi connectivity index (χ0n) is 26.4. The van der Waals surface area contributed by atoms with Gasteiger partial charge in [-0.05, 0) is 49.9 Å². The fourth-order valence-electron chi connectivity index (χ4n) is 4.45. The molecule has 0 unspecified atom stereocenters. The number of phenolic OH excluding ortho intramolecular Hbond substituents is 1. The first-order chi connectivity index (χ1) is 21.8. The number of phenols is 1. The quantitative estimate of drug-likeness (QED) is 0.0493. The van der Waals surface area contributed by atoms with Gasteiger partial charge in [0.05, 0.1) is 6.61 Å². The van der Waals surface area contributed by atoms with Crippen LogP contribution in [-0.4, -0.2) is 90.0 Å². The average molecular weight is 640 g/mol. The monoisotopic (exact) mass is 639 g/mol. The van der Waals surface area contributed by atoms with Crippen molar-refractivity contribution < 1.29 is 29.0 Å². The Morgan fingerprint density at radius 1 is 0.870 bits per heavy atom. The molecule has 4 atom stereocenters. The number of carbonyl (C=O) groups is 4. The molecule has 0 aliphatic carbocycles. The Kier molecular flexibility index (Phi) is 14.8. The number of rotatable bonds is 17. The molecular weight excluding hydrogens is 594 g/mol. The highest BCUT2D eigenvalue weighted by Gasteiger charge is 2.33. The molecule has 3 amide bonds. The van der Waals surface area contributed by atoms with E-state index in [4.69, 9.17) is 27.7 Å². The Balaban J connectivity index is 2.36. The van der Waals surface area contributed by atoms with Gasteiger partial charge in [-0.3, -0.25) is 19.4 Å². The first kappa shape index (κ1) is 36.8. The lowest BCUT2D eigenvalue weighted by atomic mass is 10.0. The van der Waals surface area contributed by atoms with Crippen LogP contribution < -0.4 is 33.6 Å². The summed E-state index contributed by atoms with van der Waals surface area (Å²) >= 11 is 0. The van der Waals surface area contributed by atoms with Gasteiger partial charge in [0.2, 0.25) is 17.7 Å². The zero-order chi connectivity index (χ0) is 34.2. The van der Waals surface area contributed by atoms with Gasteiger partial charge in [0.1, 0.15) is 29.9 Å². The third-order valence-corrected chi connectivity index (χ3v) is 7.00. The van der Waals surface area contributed by atoms with Crippen LogP contribution in [0.5, 0.6) is 5.75 Å². The van der Waals surface area contributed by atoms with Crippen molar-refractivity contribution in [3.05, 3.63) is 65.7 Å². The van der Waals surface area contributed by atoms with E-state index in [9.17, 15) is 24.3 Å².